The Labute approximate surface area is 111 Å². The second-order valence-corrected chi connectivity index (χ2v) is 4.74. The Kier molecular flexibility index (Phi) is 3.84. The monoisotopic (exact) mass is 260 g/mol. The summed E-state index contributed by atoms with van der Waals surface area (Å²) in [6, 6.07) is 8.35. The molecule has 1 saturated heterocycles. The van der Waals surface area contributed by atoms with Crippen molar-refractivity contribution in [2.24, 2.45) is 0 Å². The summed E-state index contributed by atoms with van der Waals surface area (Å²) in [7, 11) is 0. The lowest BCUT2D eigenvalue weighted by atomic mass is 9.96. The van der Waals surface area contributed by atoms with Gasteiger partial charge in [0.05, 0.1) is 17.7 Å². The Morgan fingerprint density at radius 2 is 2.26 bits per heavy atom. The smallest absolute Gasteiger partial charge is 0.251 e. The molecule has 2 atom stereocenters. The highest BCUT2D eigenvalue weighted by atomic mass is 16.5. The predicted octanol–water partition coefficient (Wildman–Crippen LogP) is 0.828. The molecule has 2 N–H and O–H groups in total. The van der Waals surface area contributed by atoms with Gasteiger partial charge in [-0.15, -0.1) is 0 Å². The molecule has 2 rings (SSSR count). The first-order valence-electron chi connectivity index (χ1n) is 6.17. The summed E-state index contributed by atoms with van der Waals surface area (Å²) in [5.74, 6) is -0.267. The number of nitriles is 1. The standard InChI is InChI=1S/C14H16N2O3/c1-10-14(18,6-7-19-10)9-16-13(17)12-4-2-11(8-15)3-5-12/h2-5,10,18H,6-7,9H2,1H3,(H,16,17). The molecule has 2 unspecified atom stereocenters. The molecule has 5 heteroatoms. The Morgan fingerprint density at radius 3 is 2.79 bits per heavy atom. The Bertz CT molecular complexity index is 506. The lowest BCUT2D eigenvalue weighted by molar-refractivity contribution is -0.0251. The van der Waals surface area contributed by atoms with Gasteiger partial charge >= 0.3 is 0 Å². The molecule has 0 aromatic heterocycles. The SMILES string of the molecule is CC1OCCC1(O)CNC(=O)c1ccc(C#N)cc1. The van der Waals surface area contributed by atoms with Gasteiger partial charge in [0.1, 0.15) is 5.60 Å². The van der Waals surface area contributed by atoms with Crippen LogP contribution in [0.25, 0.3) is 0 Å². The van der Waals surface area contributed by atoms with Crippen LogP contribution in [0.2, 0.25) is 0 Å². The molecule has 1 amide bonds. The second kappa shape index (κ2) is 5.39. The highest BCUT2D eigenvalue weighted by molar-refractivity contribution is 5.94. The number of nitrogens with one attached hydrogen (secondary N) is 1. The average molecular weight is 260 g/mol. The molecule has 0 spiro atoms. The van der Waals surface area contributed by atoms with Crippen molar-refractivity contribution in [1.82, 2.24) is 5.32 Å². The molecule has 1 aliphatic heterocycles. The van der Waals surface area contributed by atoms with Gasteiger partial charge in [-0.1, -0.05) is 0 Å². The van der Waals surface area contributed by atoms with E-state index in [9.17, 15) is 9.90 Å². The summed E-state index contributed by atoms with van der Waals surface area (Å²) < 4.78 is 5.30. The van der Waals surface area contributed by atoms with E-state index in [4.69, 9.17) is 10.00 Å². The van der Waals surface area contributed by atoms with Crippen LogP contribution < -0.4 is 5.32 Å². The van der Waals surface area contributed by atoms with Crippen LogP contribution >= 0.6 is 0 Å². The second-order valence-electron chi connectivity index (χ2n) is 4.74. The number of ether oxygens (including phenoxy) is 1. The number of hydrogen-bond acceptors (Lipinski definition) is 4. The van der Waals surface area contributed by atoms with Crippen LogP contribution in [-0.4, -0.2) is 35.9 Å². The Morgan fingerprint density at radius 1 is 1.58 bits per heavy atom. The number of rotatable bonds is 3. The van der Waals surface area contributed by atoms with Crippen LogP contribution in [0, 0.1) is 11.3 Å². The molecule has 1 aromatic carbocycles. The maximum Gasteiger partial charge on any atom is 0.251 e. The van der Waals surface area contributed by atoms with Crippen molar-refractivity contribution < 1.29 is 14.6 Å². The molecule has 0 radical (unpaired) electrons. The van der Waals surface area contributed by atoms with Crippen LogP contribution in [0.5, 0.6) is 0 Å². The maximum absolute atomic E-state index is 11.9. The first-order chi connectivity index (χ1) is 9.05. The number of hydrogen-bond donors (Lipinski definition) is 2. The zero-order valence-electron chi connectivity index (χ0n) is 10.7. The fraction of sp³-hybridized carbons (Fsp3) is 0.429. The molecular weight excluding hydrogens is 244 g/mol. The van der Waals surface area contributed by atoms with E-state index in [0.29, 0.717) is 24.2 Å². The molecule has 1 aliphatic rings. The minimum absolute atomic E-state index is 0.160. The third-order valence-corrected chi connectivity index (χ3v) is 3.49. The van der Waals surface area contributed by atoms with Crippen LogP contribution in [0.1, 0.15) is 29.3 Å². The average Bonchev–Trinajstić information content (AvgIpc) is 2.77. The highest BCUT2D eigenvalue weighted by Gasteiger charge is 2.39. The van der Waals surface area contributed by atoms with Gasteiger partial charge in [0.2, 0.25) is 0 Å². The minimum atomic E-state index is -0.998. The van der Waals surface area contributed by atoms with Crippen molar-refractivity contribution >= 4 is 5.91 Å². The van der Waals surface area contributed by atoms with E-state index in [0.717, 1.165) is 0 Å². The topological polar surface area (TPSA) is 82.3 Å². The normalized spacial score (nSPS) is 25.8. The van der Waals surface area contributed by atoms with Crippen molar-refractivity contribution in [2.45, 2.75) is 25.0 Å². The van der Waals surface area contributed by atoms with Gasteiger partial charge in [0.25, 0.3) is 5.91 Å². The Hall–Kier alpha value is -1.90. The quantitative estimate of drug-likeness (QED) is 0.843. The summed E-state index contributed by atoms with van der Waals surface area (Å²) in [5.41, 5.74) is -0.0235. The van der Waals surface area contributed by atoms with Gasteiger partial charge in [-0.2, -0.15) is 5.26 Å². The zero-order valence-corrected chi connectivity index (χ0v) is 10.7. The maximum atomic E-state index is 11.9. The van der Waals surface area contributed by atoms with Gasteiger partial charge in [0.15, 0.2) is 0 Å². The fourth-order valence-electron chi connectivity index (χ4n) is 2.03. The molecule has 100 valence electrons. The molecule has 0 bridgehead atoms. The highest BCUT2D eigenvalue weighted by Crippen LogP contribution is 2.24. The third kappa shape index (κ3) is 2.92. The lowest BCUT2D eigenvalue weighted by Gasteiger charge is -2.26. The van der Waals surface area contributed by atoms with E-state index in [2.05, 4.69) is 5.32 Å². The van der Waals surface area contributed by atoms with E-state index in [1.165, 1.54) is 0 Å². The first kappa shape index (κ1) is 13.5. The van der Waals surface area contributed by atoms with Crippen molar-refractivity contribution in [3.8, 4) is 6.07 Å². The van der Waals surface area contributed by atoms with E-state index in [-0.39, 0.29) is 18.6 Å². The summed E-state index contributed by atoms with van der Waals surface area (Å²) in [5, 5.41) is 21.6. The molecule has 5 nitrogen and oxygen atoms in total. The Balaban J connectivity index is 1.96. The number of carbonyl (C=O) groups is 1. The largest absolute Gasteiger partial charge is 0.385 e. The molecule has 0 aliphatic carbocycles. The molecule has 1 heterocycles. The van der Waals surface area contributed by atoms with Crippen LogP contribution in [0.4, 0.5) is 0 Å². The summed E-state index contributed by atoms with van der Waals surface area (Å²) in [6.07, 6.45) is 0.232. The van der Waals surface area contributed by atoms with Crippen LogP contribution in [-0.2, 0) is 4.74 Å². The van der Waals surface area contributed by atoms with Crippen molar-refractivity contribution in [3.63, 3.8) is 0 Å². The fourth-order valence-corrected chi connectivity index (χ4v) is 2.03. The number of benzene rings is 1. The third-order valence-electron chi connectivity index (χ3n) is 3.49. The predicted molar refractivity (Wildman–Crippen MR) is 68.5 cm³/mol. The van der Waals surface area contributed by atoms with E-state index < -0.39 is 5.60 Å². The number of nitrogens with zero attached hydrogens (tertiary/aromatic N) is 1. The molecule has 19 heavy (non-hydrogen) atoms. The minimum Gasteiger partial charge on any atom is -0.385 e. The van der Waals surface area contributed by atoms with Gasteiger partial charge in [-0.3, -0.25) is 4.79 Å². The van der Waals surface area contributed by atoms with Gasteiger partial charge in [-0.25, -0.2) is 0 Å². The van der Waals surface area contributed by atoms with E-state index in [1.807, 2.05) is 6.07 Å². The number of carbonyl (C=O) groups excluding carboxylic acids is 1. The number of amides is 1. The molecule has 0 saturated carbocycles. The van der Waals surface area contributed by atoms with E-state index in [1.54, 1.807) is 31.2 Å². The number of aliphatic hydroxyl groups is 1. The summed E-state index contributed by atoms with van der Waals surface area (Å²) in [4.78, 5) is 11.9. The van der Waals surface area contributed by atoms with Gasteiger partial charge in [0, 0.05) is 25.1 Å². The van der Waals surface area contributed by atoms with Gasteiger partial charge in [-0.05, 0) is 31.2 Å². The molecule has 1 aromatic rings. The van der Waals surface area contributed by atoms with Crippen LogP contribution in [0.15, 0.2) is 24.3 Å². The summed E-state index contributed by atoms with van der Waals surface area (Å²) in [6.45, 7) is 2.46. The zero-order chi connectivity index (χ0) is 13.9. The summed E-state index contributed by atoms with van der Waals surface area (Å²) >= 11 is 0. The van der Waals surface area contributed by atoms with Crippen molar-refractivity contribution in [2.75, 3.05) is 13.2 Å². The van der Waals surface area contributed by atoms with Crippen molar-refractivity contribution in [1.29, 1.82) is 5.26 Å². The lowest BCUT2D eigenvalue weighted by Crippen LogP contribution is -2.47. The molecule has 1 fully saturated rings. The molecular formula is C14H16N2O3. The van der Waals surface area contributed by atoms with Crippen LogP contribution in [0.3, 0.4) is 0 Å². The van der Waals surface area contributed by atoms with Crippen molar-refractivity contribution in [3.05, 3.63) is 35.4 Å². The van der Waals surface area contributed by atoms with Gasteiger partial charge < -0.3 is 15.2 Å². The van der Waals surface area contributed by atoms with E-state index >= 15 is 0 Å². The first-order valence-corrected chi connectivity index (χ1v) is 6.17.